The first-order chi connectivity index (χ1) is 4.81. The Labute approximate surface area is 75.3 Å². The number of rotatable bonds is 5. The molecule has 0 saturated heterocycles. The van der Waals surface area contributed by atoms with Gasteiger partial charge in [0.25, 0.3) is 0 Å². The van der Waals surface area contributed by atoms with Gasteiger partial charge in [0.2, 0.25) is 0 Å². The van der Waals surface area contributed by atoms with Crippen LogP contribution in [-0.4, -0.2) is 5.78 Å². The normalized spacial score (nSPS) is 9.64. The number of ketones is 1. The van der Waals surface area contributed by atoms with Crippen molar-refractivity contribution < 1.29 is 4.79 Å². The Morgan fingerprint density at radius 2 is 2.00 bits per heavy atom. The van der Waals surface area contributed by atoms with Crippen molar-refractivity contribution in [2.75, 3.05) is 0 Å². The second kappa shape index (κ2) is 9.70. The van der Waals surface area contributed by atoms with Crippen molar-refractivity contribution in [3.05, 3.63) is 12.2 Å². The van der Waals surface area contributed by atoms with Crippen LogP contribution < -0.4 is 0 Å². The Morgan fingerprint density at radius 3 is 2.45 bits per heavy atom. The molecular weight excluding hydrogens is 160 g/mol. The lowest BCUT2D eigenvalue weighted by molar-refractivity contribution is -0.114. The number of hydrogen-bond donors (Lipinski definition) is 0. The zero-order valence-electron chi connectivity index (χ0n) is 7.30. The summed E-state index contributed by atoms with van der Waals surface area (Å²) in [5.74, 6) is 0.260. The summed E-state index contributed by atoms with van der Waals surface area (Å²) < 4.78 is 0. The molecule has 0 amide bonds. The molecule has 0 aliphatic rings. The molecule has 0 heterocycles. The molecule has 0 aliphatic carbocycles. The highest BCUT2D eigenvalue weighted by atomic mass is 35.5. The van der Waals surface area contributed by atoms with Crippen LogP contribution in [0.5, 0.6) is 0 Å². The van der Waals surface area contributed by atoms with Crippen molar-refractivity contribution in [2.45, 2.75) is 39.5 Å². The predicted molar refractivity (Wildman–Crippen MR) is 51.2 cm³/mol. The van der Waals surface area contributed by atoms with Crippen LogP contribution in [0.25, 0.3) is 0 Å². The van der Waals surface area contributed by atoms with Crippen molar-refractivity contribution >= 4 is 18.2 Å². The Hall–Kier alpha value is -0.300. The number of halogens is 1. The summed E-state index contributed by atoms with van der Waals surface area (Å²) in [4.78, 5) is 10.8. The van der Waals surface area contributed by atoms with Gasteiger partial charge in [0, 0.05) is 6.42 Å². The van der Waals surface area contributed by atoms with E-state index in [1.54, 1.807) is 12.2 Å². The lowest BCUT2D eigenvalue weighted by Crippen LogP contribution is -1.90. The minimum absolute atomic E-state index is 0. The zero-order chi connectivity index (χ0) is 7.82. The van der Waals surface area contributed by atoms with Gasteiger partial charge < -0.3 is 0 Å². The van der Waals surface area contributed by atoms with Crippen molar-refractivity contribution in [1.82, 2.24) is 0 Å². The maximum Gasteiger partial charge on any atom is 0.155 e. The van der Waals surface area contributed by atoms with Crippen molar-refractivity contribution in [3.8, 4) is 0 Å². The maximum atomic E-state index is 10.8. The van der Waals surface area contributed by atoms with E-state index in [-0.39, 0.29) is 18.2 Å². The Bertz CT molecular complexity index is 119. The highest BCUT2D eigenvalue weighted by Gasteiger charge is 1.93. The fourth-order valence-electron chi connectivity index (χ4n) is 0.818. The van der Waals surface area contributed by atoms with E-state index in [1.807, 2.05) is 6.92 Å². The number of hydrogen-bond acceptors (Lipinski definition) is 1. The Morgan fingerprint density at radius 1 is 1.36 bits per heavy atom. The molecule has 0 bridgehead atoms. The van der Waals surface area contributed by atoms with Gasteiger partial charge >= 0.3 is 0 Å². The number of unbranched alkanes of at least 4 members (excludes halogenated alkanes) is 2. The molecule has 0 atom stereocenters. The van der Waals surface area contributed by atoms with E-state index < -0.39 is 0 Å². The quantitative estimate of drug-likeness (QED) is 0.465. The summed E-state index contributed by atoms with van der Waals surface area (Å²) in [5, 5.41) is 0. The van der Waals surface area contributed by atoms with Crippen LogP contribution in [0.1, 0.15) is 39.5 Å². The van der Waals surface area contributed by atoms with Crippen LogP contribution in [0.3, 0.4) is 0 Å². The number of carbonyl (C=O) groups is 1. The number of carbonyl (C=O) groups excluding carboxylic acids is 1. The molecule has 0 aromatic heterocycles. The van der Waals surface area contributed by atoms with Crippen molar-refractivity contribution in [3.63, 3.8) is 0 Å². The van der Waals surface area contributed by atoms with Crippen LogP contribution in [-0.2, 0) is 4.79 Å². The highest BCUT2D eigenvalue weighted by molar-refractivity contribution is 5.89. The molecule has 0 fully saturated rings. The van der Waals surface area contributed by atoms with Gasteiger partial charge in [-0.15, -0.1) is 12.4 Å². The topological polar surface area (TPSA) is 17.1 Å². The Balaban J connectivity index is 0. The van der Waals surface area contributed by atoms with Crippen LogP contribution >= 0.6 is 12.4 Å². The van der Waals surface area contributed by atoms with Crippen LogP contribution in [0, 0.1) is 0 Å². The fourth-order valence-corrected chi connectivity index (χ4v) is 0.818. The third-order valence-corrected chi connectivity index (χ3v) is 1.38. The fraction of sp³-hybridized carbons (Fsp3) is 0.667. The minimum atomic E-state index is 0. The summed E-state index contributed by atoms with van der Waals surface area (Å²) in [6, 6.07) is 0. The summed E-state index contributed by atoms with van der Waals surface area (Å²) in [5.41, 5.74) is 0. The molecule has 0 rings (SSSR count). The number of allylic oxidation sites excluding steroid dienone is 2. The second-order valence-corrected chi connectivity index (χ2v) is 2.42. The molecule has 2 heteroatoms. The van der Waals surface area contributed by atoms with Gasteiger partial charge in [-0.25, -0.2) is 0 Å². The highest BCUT2D eigenvalue weighted by Crippen LogP contribution is 1.99. The maximum absolute atomic E-state index is 10.8. The van der Waals surface area contributed by atoms with Gasteiger partial charge in [0.15, 0.2) is 5.78 Å². The van der Waals surface area contributed by atoms with Gasteiger partial charge in [-0.3, -0.25) is 4.79 Å². The van der Waals surface area contributed by atoms with E-state index in [0.29, 0.717) is 0 Å². The van der Waals surface area contributed by atoms with Gasteiger partial charge in [-0.2, -0.15) is 0 Å². The lowest BCUT2D eigenvalue weighted by atomic mass is 10.1. The average Bonchev–Trinajstić information content (AvgIpc) is 1.89. The van der Waals surface area contributed by atoms with Crippen LogP contribution in [0.4, 0.5) is 0 Å². The van der Waals surface area contributed by atoms with Crippen LogP contribution in [0.2, 0.25) is 0 Å². The van der Waals surface area contributed by atoms with Gasteiger partial charge in [-0.05, 0) is 19.4 Å². The molecule has 0 aromatic rings. The van der Waals surface area contributed by atoms with E-state index in [4.69, 9.17) is 0 Å². The minimum Gasteiger partial charge on any atom is -0.295 e. The van der Waals surface area contributed by atoms with Gasteiger partial charge in [0.05, 0.1) is 0 Å². The van der Waals surface area contributed by atoms with Gasteiger partial charge in [0.1, 0.15) is 0 Å². The summed E-state index contributed by atoms with van der Waals surface area (Å²) in [7, 11) is 0. The predicted octanol–water partition coefficient (Wildman–Crippen LogP) is 3.13. The van der Waals surface area contributed by atoms with E-state index in [2.05, 4.69) is 6.92 Å². The monoisotopic (exact) mass is 176 g/mol. The first-order valence-electron chi connectivity index (χ1n) is 3.96. The lowest BCUT2D eigenvalue weighted by Gasteiger charge is -1.92. The van der Waals surface area contributed by atoms with Crippen molar-refractivity contribution in [2.24, 2.45) is 0 Å². The molecule has 1 nitrogen and oxygen atoms in total. The molecular formula is C9H17ClO. The molecule has 0 aliphatic heterocycles. The molecule has 0 unspecified atom stereocenters. The average molecular weight is 177 g/mol. The largest absolute Gasteiger partial charge is 0.295 e. The molecule has 0 N–H and O–H groups in total. The molecule has 11 heavy (non-hydrogen) atoms. The summed E-state index contributed by atoms with van der Waals surface area (Å²) in [6.07, 6.45) is 7.56. The van der Waals surface area contributed by atoms with E-state index in [9.17, 15) is 4.79 Å². The third kappa shape index (κ3) is 9.70. The van der Waals surface area contributed by atoms with Crippen LogP contribution in [0.15, 0.2) is 12.2 Å². The third-order valence-electron chi connectivity index (χ3n) is 1.38. The molecule has 0 saturated carbocycles. The first kappa shape index (κ1) is 13.3. The second-order valence-electron chi connectivity index (χ2n) is 2.42. The van der Waals surface area contributed by atoms with Gasteiger partial charge in [-0.1, -0.05) is 25.8 Å². The van der Waals surface area contributed by atoms with E-state index >= 15 is 0 Å². The van der Waals surface area contributed by atoms with E-state index in [1.165, 1.54) is 12.8 Å². The SMILES string of the molecule is CC=CC(=O)CCCCC.Cl. The molecule has 0 radical (unpaired) electrons. The van der Waals surface area contributed by atoms with Crippen molar-refractivity contribution in [1.29, 1.82) is 0 Å². The molecule has 66 valence electrons. The molecule has 0 aromatic carbocycles. The molecule has 0 spiro atoms. The van der Waals surface area contributed by atoms with E-state index in [0.717, 1.165) is 12.8 Å². The Kier molecular flexibility index (Phi) is 11.7. The summed E-state index contributed by atoms with van der Waals surface area (Å²) >= 11 is 0. The smallest absolute Gasteiger partial charge is 0.155 e. The standard InChI is InChI=1S/C9H16O.ClH/c1-3-5-6-8-9(10)7-4-2;/h4,7H,3,5-6,8H2,1-2H3;1H. The summed E-state index contributed by atoms with van der Waals surface area (Å²) in [6.45, 7) is 4.01. The zero-order valence-corrected chi connectivity index (χ0v) is 8.12. The first-order valence-corrected chi connectivity index (χ1v) is 3.96.